The molecule has 0 radical (unpaired) electrons. The molecule has 3 aromatic rings. The summed E-state index contributed by atoms with van der Waals surface area (Å²) in [5.74, 6) is 0. The van der Waals surface area contributed by atoms with Gasteiger partial charge in [-0.05, 0) is 63.3 Å². The van der Waals surface area contributed by atoms with E-state index >= 15 is 0 Å². The number of hydrogen-bond donors (Lipinski definition) is 1. The van der Waals surface area contributed by atoms with Gasteiger partial charge in [-0.2, -0.15) is 9.40 Å². The van der Waals surface area contributed by atoms with E-state index in [9.17, 15) is 18.0 Å². The van der Waals surface area contributed by atoms with Crippen molar-refractivity contribution in [2.45, 2.75) is 64.0 Å². The smallest absolute Gasteiger partial charge is 0.412 e. The Kier molecular flexibility index (Phi) is 5.95. The Hall–Kier alpha value is -3.18. The quantitative estimate of drug-likeness (QED) is 0.561. The summed E-state index contributed by atoms with van der Waals surface area (Å²) in [6.45, 7) is 6.30. The van der Waals surface area contributed by atoms with Crippen molar-refractivity contribution in [2.75, 3.05) is 11.9 Å². The minimum atomic E-state index is -3.29. The minimum Gasteiger partial charge on any atom is -0.444 e. The van der Waals surface area contributed by atoms with Crippen LogP contribution in [-0.4, -0.2) is 50.6 Å². The third kappa shape index (κ3) is 4.64. The van der Waals surface area contributed by atoms with Crippen molar-refractivity contribution >= 4 is 32.7 Å². The molecule has 0 saturated heterocycles. The number of amides is 1. The van der Waals surface area contributed by atoms with Crippen LogP contribution < -0.4 is 10.9 Å². The van der Waals surface area contributed by atoms with Crippen LogP contribution in [0.25, 0.3) is 10.9 Å². The number of hydrogen-bond acceptors (Lipinski definition) is 6. The second kappa shape index (κ2) is 8.74. The number of fused-ring (bicyclic) bond motifs is 3. The first kappa shape index (κ1) is 24.5. The highest BCUT2D eigenvalue weighted by Crippen LogP contribution is 2.35. The summed E-state index contributed by atoms with van der Waals surface area (Å²) in [6.07, 6.45) is 3.16. The van der Waals surface area contributed by atoms with Crippen LogP contribution in [0, 0.1) is 0 Å². The number of carbonyl (C=O) groups is 1. The zero-order valence-corrected chi connectivity index (χ0v) is 21.8. The molecule has 36 heavy (non-hydrogen) atoms. The number of anilines is 1. The fourth-order valence-electron chi connectivity index (χ4n) is 4.73. The van der Waals surface area contributed by atoms with Gasteiger partial charge in [0, 0.05) is 30.4 Å². The van der Waals surface area contributed by atoms with E-state index in [1.54, 1.807) is 49.5 Å². The van der Waals surface area contributed by atoms with E-state index in [1.807, 2.05) is 17.7 Å². The van der Waals surface area contributed by atoms with E-state index in [4.69, 9.17) is 4.74 Å². The van der Waals surface area contributed by atoms with E-state index in [-0.39, 0.29) is 23.9 Å². The zero-order chi connectivity index (χ0) is 25.8. The van der Waals surface area contributed by atoms with E-state index in [1.165, 1.54) is 4.68 Å². The summed E-state index contributed by atoms with van der Waals surface area (Å²) in [6, 6.07) is 7.18. The lowest BCUT2D eigenvalue weighted by atomic mass is 10.1. The van der Waals surface area contributed by atoms with Crippen molar-refractivity contribution in [1.29, 1.82) is 0 Å². The Bertz CT molecular complexity index is 1510. The van der Waals surface area contributed by atoms with Crippen molar-refractivity contribution in [3.63, 3.8) is 0 Å². The van der Waals surface area contributed by atoms with Crippen LogP contribution >= 0.6 is 0 Å². The summed E-state index contributed by atoms with van der Waals surface area (Å²) in [5.41, 5.74) is 2.85. The predicted octanol–water partition coefficient (Wildman–Crippen LogP) is 2.98. The van der Waals surface area contributed by atoms with Gasteiger partial charge in [0.25, 0.3) is 5.56 Å². The van der Waals surface area contributed by atoms with Gasteiger partial charge < -0.3 is 9.30 Å². The molecular weight excluding hydrogens is 482 g/mol. The van der Waals surface area contributed by atoms with Crippen LogP contribution in [0.15, 0.2) is 35.3 Å². The lowest BCUT2D eigenvalue weighted by Crippen LogP contribution is -2.38. The third-order valence-electron chi connectivity index (χ3n) is 6.58. The van der Waals surface area contributed by atoms with Gasteiger partial charge in [-0.3, -0.25) is 10.1 Å². The molecule has 1 aliphatic carbocycles. The number of ether oxygens (including phenoxy) is 1. The number of sulfonamides is 1. The Morgan fingerprint density at radius 1 is 1.25 bits per heavy atom. The maximum Gasteiger partial charge on any atom is 0.412 e. The Morgan fingerprint density at radius 3 is 2.69 bits per heavy atom. The molecule has 0 unspecified atom stereocenters. The highest BCUT2D eigenvalue weighted by molar-refractivity contribution is 7.90. The van der Waals surface area contributed by atoms with Crippen LogP contribution in [-0.2, 0) is 41.3 Å². The summed E-state index contributed by atoms with van der Waals surface area (Å²) < 4.78 is 35.6. The van der Waals surface area contributed by atoms with Crippen LogP contribution in [0.1, 0.15) is 50.4 Å². The Morgan fingerprint density at radius 2 is 2.00 bits per heavy atom. The average Bonchev–Trinajstić information content (AvgIpc) is 3.61. The van der Waals surface area contributed by atoms with Gasteiger partial charge in [-0.15, -0.1) is 0 Å². The summed E-state index contributed by atoms with van der Waals surface area (Å²) in [7, 11) is -1.47. The number of aromatic nitrogens is 3. The summed E-state index contributed by atoms with van der Waals surface area (Å²) in [4.78, 5) is 25.6. The lowest BCUT2D eigenvalue weighted by Gasteiger charge is -2.27. The zero-order valence-electron chi connectivity index (χ0n) is 20.9. The minimum absolute atomic E-state index is 0.219. The van der Waals surface area contributed by atoms with Crippen LogP contribution in [0.5, 0.6) is 0 Å². The molecule has 0 bridgehead atoms. The van der Waals surface area contributed by atoms with Crippen molar-refractivity contribution in [3.05, 3.63) is 57.6 Å². The van der Waals surface area contributed by atoms with Crippen molar-refractivity contribution in [3.8, 4) is 0 Å². The molecule has 192 valence electrons. The predicted molar refractivity (Wildman–Crippen MR) is 136 cm³/mol. The molecule has 1 aliphatic heterocycles. The highest BCUT2D eigenvalue weighted by Gasteiger charge is 2.41. The second-order valence-corrected chi connectivity index (χ2v) is 12.7. The SMILES string of the molecule is Cn1c2c(c3cnn(Cc4cccc(NC(=O)OC(C)(C)C)c4)c(=O)c31)CCN(S(=O)(=O)C1CC1)C2. The molecule has 11 heteroatoms. The van der Waals surface area contributed by atoms with Gasteiger partial charge in [-0.25, -0.2) is 17.9 Å². The van der Waals surface area contributed by atoms with Gasteiger partial charge in [0.2, 0.25) is 10.0 Å². The van der Waals surface area contributed by atoms with Crippen LogP contribution in [0.2, 0.25) is 0 Å². The molecule has 1 fully saturated rings. The largest absolute Gasteiger partial charge is 0.444 e. The summed E-state index contributed by atoms with van der Waals surface area (Å²) in [5, 5.41) is 7.65. The van der Waals surface area contributed by atoms with E-state index in [0.29, 0.717) is 24.2 Å². The molecule has 0 spiro atoms. The van der Waals surface area contributed by atoms with Gasteiger partial charge >= 0.3 is 6.09 Å². The average molecular weight is 514 g/mol. The molecule has 5 rings (SSSR count). The topological polar surface area (TPSA) is 116 Å². The molecule has 1 saturated carbocycles. The maximum atomic E-state index is 13.4. The monoisotopic (exact) mass is 513 g/mol. The normalized spacial score (nSPS) is 16.7. The molecule has 10 nitrogen and oxygen atoms in total. The van der Waals surface area contributed by atoms with Crippen molar-refractivity contribution < 1.29 is 17.9 Å². The fourth-order valence-corrected chi connectivity index (χ4v) is 6.53. The van der Waals surface area contributed by atoms with Gasteiger partial charge in [0.15, 0.2) is 0 Å². The molecule has 2 aliphatic rings. The van der Waals surface area contributed by atoms with E-state index in [2.05, 4.69) is 10.4 Å². The van der Waals surface area contributed by atoms with Crippen molar-refractivity contribution in [2.24, 2.45) is 7.05 Å². The van der Waals surface area contributed by atoms with Crippen LogP contribution in [0.4, 0.5) is 10.5 Å². The summed E-state index contributed by atoms with van der Waals surface area (Å²) >= 11 is 0. The van der Waals surface area contributed by atoms with Crippen molar-refractivity contribution in [1.82, 2.24) is 18.7 Å². The van der Waals surface area contributed by atoms with Gasteiger partial charge in [0.05, 0.1) is 24.5 Å². The van der Waals surface area contributed by atoms with Gasteiger partial charge in [-0.1, -0.05) is 12.1 Å². The first-order valence-corrected chi connectivity index (χ1v) is 13.6. The molecule has 2 aromatic heterocycles. The number of rotatable bonds is 5. The molecule has 1 amide bonds. The second-order valence-electron chi connectivity index (χ2n) is 10.5. The molecular formula is C25H31N5O5S. The number of aryl methyl sites for hydroxylation is 1. The third-order valence-corrected chi connectivity index (χ3v) is 8.92. The fraction of sp³-hybridized carbons (Fsp3) is 0.480. The van der Waals surface area contributed by atoms with Gasteiger partial charge in [0.1, 0.15) is 11.1 Å². The molecule has 3 heterocycles. The standard InChI is InChI=1S/C25H31N5O5S/c1-25(2,3)35-24(32)27-17-7-5-6-16(12-17)14-30-23(31)22-20(13-26-30)19-10-11-29(15-21(19)28(22)4)36(33,34)18-8-9-18/h5-7,12-13,18H,8-11,14-15H2,1-4H3,(H,27,32). The first-order valence-electron chi connectivity index (χ1n) is 12.1. The van der Waals surface area contributed by atoms with E-state index < -0.39 is 21.7 Å². The first-order chi connectivity index (χ1) is 16.9. The Balaban J connectivity index is 1.41. The lowest BCUT2D eigenvalue weighted by molar-refractivity contribution is 0.0636. The Labute approximate surface area is 209 Å². The maximum absolute atomic E-state index is 13.4. The number of nitrogens with zero attached hydrogens (tertiary/aromatic N) is 4. The number of carbonyl (C=O) groups excluding carboxylic acids is 1. The van der Waals surface area contributed by atoms with E-state index in [0.717, 1.165) is 35.0 Å². The number of benzene rings is 1. The molecule has 0 atom stereocenters. The number of nitrogens with one attached hydrogen (secondary N) is 1. The molecule has 1 aromatic carbocycles. The highest BCUT2D eigenvalue weighted by atomic mass is 32.2. The molecule has 1 N–H and O–H groups in total. The van der Waals surface area contributed by atoms with Crippen LogP contribution in [0.3, 0.4) is 0 Å².